The Morgan fingerprint density at radius 1 is 1.42 bits per heavy atom. The standard InChI is InChI=1S/C15H22ClNO2/c1-10-4-5-17(11(2)6-10)9-12-7-13(16)15(18)14(8-12)19-3/h7-8,10-11,18H,4-6,9H2,1-3H3. The fourth-order valence-corrected chi connectivity index (χ4v) is 3.03. The first-order valence-corrected chi connectivity index (χ1v) is 7.18. The molecule has 1 heterocycles. The maximum atomic E-state index is 9.74. The summed E-state index contributed by atoms with van der Waals surface area (Å²) in [6, 6.07) is 4.28. The molecule has 3 nitrogen and oxygen atoms in total. The Balaban J connectivity index is 2.13. The molecule has 1 N–H and O–H groups in total. The maximum absolute atomic E-state index is 9.74. The van der Waals surface area contributed by atoms with Gasteiger partial charge < -0.3 is 9.84 Å². The molecule has 1 aromatic rings. The first-order valence-electron chi connectivity index (χ1n) is 6.80. The van der Waals surface area contributed by atoms with Crippen molar-refractivity contribution in [3.05, 3.63) is 22.7 Å². The number of methoxy groups -OCH3 is 1. The van der Waals surface area contributed by atoms with Gasteiger partial charge in [-0.15, -0.1) is 0 Å². The van der Waals surface area contributed by atoms with Crippen molar-refractivity contribution in [2.45, 2.75) is 39.3 Å². The summed E-state index contributed by atoms with van der Waals surface area (Å²) >= 11 is 6.03. The van der Waals surface area contributed by atoms with Gasteiger partial charge in [-0.3, -0.25) is 4.90 Å². The van der Waals surface area contributed by atoms with Crippen molar-refractivity contribution in [1.29, 1.82) is 0 Å². The van der Waals surface area contributed by atoms with E-state index in [0.29, 0.717) is 16.8 Å². The number of piperidine rings is 1. The molecule has 0 radical (unpaired) electrons. The molecule has 4 heteroatoms. The molecular weight excluding hydrogens is 262 g/mol. The fourth-order valence-electron chi connectivity index (χ4n) is 2.80. The van der Waals surface area contributed by atoms with Crippen LogP contribution in [0.4, 0.5) is 0 Å². The van der Waals surface area contributed by atoms with E-state index < -0.39 is 0 Å². The van der Waals surface area contributed by atoms with E-state index in [2.05, 4.69) is 18.7 Å². The van der Waals surface area contributed by atoms with Crippen molar-refractivity contribution in [3.8, 4) is 11.5 Å². The number of ether oxygens (including phenoxy) is 1. The molecule has 0 amide bonds. The summed E-state index contributed by atoms with van der Waals surface area (Å²) in [5.74, 6) is 1.28. The van der Waals surface area contributed by atoms with Crippen molar-refractivity contribution >= 4 is 11.6 Å². The summed E-state index contributed by atoms with van der Waals surface area (Å²) in [7, 11) is 1.54. The first-order chi connectivity index (χ1) is 9.01. The highest BCUT2D eigenvalue weighted by molar-refractivity contribution is 6.32. The van der Waals surface area contributed by atoms with Crippen molar-refractivity contribution in [2.24, 2.45) is 5.92 Å². The third-order valence-corrected chi connectivity index (χ3v) is 4.26. The van der Waals surface area contributed by atoms with Gasteiger partial charge >= 0.3 is 0 Å². The smallest absolute Gasteiger partial charge is 0.176 e. The number of benzene rings is 1. The van der Waals surface area contributed by atoms with Crippen molar-refractivity contribution in [1.82, 2.24) is 4.90 Å². The van der Waals surface area contributed by atoms with Crippen LogP contribution in [-0.4, -0.2) is 29.7 Å². The van der Waals surface area contributed by atoms with E-state index in [-0.39, 0.29) is 5.75 Å². The Kier molecular flexibility index (Phi) is 4.58. The summed E-state index contributed by atoms with van der Waals surface area (Å²) in [6.07, 6.45) is 2.48. The molecule has 2 atom stereocenters. The molecule has 1 aromatic carbocycles. The van der Waals surface area contributed by atoms with Crippen LogP contribution < -0.4 is 4.74 Å². The van der Waals surface area contributed by atoms with Crippen LogP contribution >= 0.6 is 11.6 Å². The maximum Gasteiger partial charge on any atom is 0.176 e. The van der Waals surface area contributed by atoms with Crippen LogP contribution in [0.15, 0.2) is 12.1 Å². The van der Waals surface area contributed by atoms with E-state index in [1.165, 1.54) is 12.8 Å². The Hall–Kier alpha value is -0.930. The quantitative estimate of drug-likeness (QED) is 0.919. The lowest BCUT2D eigenvalue weighted by molar-refractivity contribution is 0.122. The van der Waals surface area contributed by atoms with E-state index in [0.717, 1.165) is 24.6 Å². The predicted molar refractivity (Wildman–Crippen MR) is 77.9 cm³/mol. The molecular formula is C15H22ClNO2. The van der Waals surface area contributed by atoms with Gasteiger partial charge in [-0.2, -0.15) is 0 Å². The second-order valence-electron chi connectivity index (χ2n) is 5.58. The van der Waals surface area contributed by atoms with Crippen LogP contribution in [-0.2, 0) is 6.54 Å². The molecule has 1 aliphatic heterocycles. The first kappa shape index (κ1) is 14.5. The lowest BCUT2D eigenvalue weighted by Crippen LogP contribution is -2.39. The Morgan fingerprint density at radius 2 is 2.16 bits per heavy atom. The summed E-state index contributed by atoms with van der Waals surface area (Å²) in [6.45, 7) is 6.55. The van der Waals surface area contributed by atoms with Gasteiger partial charge in [0, 0.05) is 12.6 Å². The van der Waals surface area contributed by atoms with E-state index in [1.54, 1.807) is 7.11 Å². The van der Waals surface area contributed by atoms with Crippen molar-refractivity contribution in [2.75, 3.05) is 13.7 Å². The minimum Gasteiger partial charge on any atom is -0.503 e. The average molecular weight is 284 g/mol. The lowest BCUT2D eigenvalue weighted by Gasteiger charge is -2.36. The molecule has 0 bridgehead atoms. The number of phenols is 1. The number of aromatic hydroxyl groups is 1. The monoisotopic (exact) mass is 283 g/mol. The number of rotatable bonds is 3. The van der Waals surface area contributed by atoms with Crippen LogP contribution in [0.25, 0.3) is 0 Å². The second kappa shape index (κ2) is 6.02. The highest BCUT2D eigenvalue weighted by Gasteiger charge is 2.23. The van der Waals surface area contributed by atoms with Gasteiger partial charge in [0.05, 0.1) is 12.1 Å². The molecule has 0 aliphatic carbocycles. The minimum atomic E-state index is 0.0215. The van der Waals surface area contributed by atoms with Gasteiger partial charge in [0.25, 0.3) is 0 Å². The van der Waals surface area contributed by atoms with Gasteiger partial charge in [-0.1, -0.05) is 18.5 Å². The van der Waals surface area contributed by atoms with Gasteiger partial charge in [0.2, 0.25) is 0 Å². The Labute approximate surface area is 120 Å². The highest BCUT2D eigenvalue weighted by atomic mass is 35.5. The van der Waals surface area contributed by atoms with Crippen molar-refractivity contribution < 1.29 is 9.84 Å². The molecule has 0 spiro atoms. The molecule has 0 aromatic heterocycles. The summed E-state index contributed by atoms with van der Waals surface area (Å²) in [4.78, 5) is 2.46. The second-order valence-corrected chi connectivity index (χ2v) is 5.98. The normalized spacial score (nSPS) is 24.4. The predicted octanol–water partition coefficient (Wildman–Crippen LogP) is 3.67. The number of nitrogens with zero attached hydrogens (tertiary/aromatic N) is 1. The molecule has 1 aliphatic rings. The van der Waals surface area contributed by atoms with Gasteiger partial charge in [0.1, 0.15) is 0 Å². The number of phenolic OH excluding ortho intramolecular Hbond substituents is 1. The zero-order valence-corrected chi connectivity index (χ0v) is 12.6. The summed E-state index contributed by atoms with van der Waals surface area (Å²) < 4.78 is 5.15. The molecule has 106 valence electrons. The van der Waals surface area contributed by atoms with E-state index in [9.17, 15) is 5.11 Å². The zero-order chi connectivity index (χ0) is 14.0. The van der Waals surface area contributed by atoms with E-state index in [1.807, 2.05) is 12.1 Å². The molecule has 19 heavy (non-hydrogen) atoms. The Morgan fingerprint density at radius 3 is 2.79 bits per heavy atom. The molecule has 1 saturated heterocycles. The van der Waals surface area contributed by atoms with Crippen molar-refractivity contribution in [3.63, 3.8) is 0 Å². The van der Waals surface area contributed by atoms with Gasteiger partial charge in [-0.05, 0) is 49.9 Å². The number of halogens is 1. The topological polar surface area (TPSA) is 32.7 Å². The van der Waals surface area contributed by atoms with Crippen LogP contribution in [0.5, 0.6) is 11.5 Å². The Bertz CT molecular complexity index is 450. The number of likely N-dealkylation sites (tertiary alicyclic amines) is 1. The fraction of sp³-hybridized carbons (Fsp3) is 0.600. The average Bonchev–Trinajstić information content (AvgIpc) is 2.37. The lowest BCUT2D eigenvalue weighted by atomic mass is 9.93. The minimum absolute atomic E-state index is 0.0215. The van der Waals surface area contributed by atoms with E-state index >= 15 is 0 Å². The van der Waals surface area contributed by atoms with Gasteiger partial charge in [0.15, 0.2) is 11.5 Å². The van der Waals surface area contributed by atoms with Crippen LogP contribution in [0.1, 0.15) is 32.3 Å². The third kappa shape index (κ3) is 3.34. The number of hydrogen-bond donors (Lipinski definition) is 1. The SMILES string of the molecule is COc1cc(CN2CCC(C)CC2C)cc(Cl)c1O. The molecule has 2 unspecified atom stereocenters. The van der Waals surface area contributed by atoms with Gasteiger partial charge in [-0.25, -0.2) is 0 Å². The van der Waals surface area contributed by atoms with E-state index in [4.69, 9.17) is 16.3 Å². The third-order valence-electron chi connectivity index (χ3n) is 3.97. The van der Waals surface area contributed by atoms with Crippen LogP contribution in [0, 0.1) is 5.92 Å². The number of hydrogen-bond acceptors (Lipinski definition) is 3. The largest absolute Gasteiger partial charge is 0.503 e. The summed E-state index contributed by atoms with van der Waals surface area (Å²) in [5.41, 5.74) is 1.08. The van der Waals surface area contributed by atoms with Crippen LogP contribution in [0.3, 0.4) is 0 Å². The highest BCUT2D eigenvalue weighted by Crippen LogP contribution is 2.35. The molecule has 0 saturated carbocycles. The summed E-state index contributed by atoms with van der Waals surface area (Å²) in [5, 5.41) is 10.1. The van der Waals surface area contributed by atoms with Crippen LogP contribution in [0.2, 0.25) is 5.02 Å². The molecule has 1 fully saturated rings. The zero-order valence-electron chi connectivity index (χ0n) is 11.8. The molecule has 2 rings (SSSR count).